The molecule has 1 aromatic carbocycles. The molecule has 19 heavy (non-hydrogen) atoms. The average Bonchev–Trinajstić information content (AvgIpc) is 2.49. The Kier molecular flexibility index (Phi) is 3.02. The Balaban J connectivity index is 1.93. The van der Waals surface area contributed by atoms with Crippen LogP contribution < -0.4 is 0 Å². The van der Waals surface area contributed by atoms with Crippen molar-refractivity contribution in [1.82, 2.24) is 15.2 Å². The molecule has 3 rings (SSSR count). The zero-order valence-electron chi connectivity index (χ0n) is 10.6. The highest BCUT2D eigenvalue weighted by Crippen LogP contribution is 2.21. The van der Waals surface area contributed by atoms with Gasteiger partial charge in [0.15, 0.2) is 0 Å². The fourth-order valence-electron chi connectivity index (χ4n) is 1.90. The summed E-state index contributed by atoms with van der Waals surface area (Å²) in [5.41, 5.74) is 4.95. The molecule has 0 unspecified atom stereocenters. The number of nitrogens with zero attached hydrogens (tertiary/aromatic N) is 3. The summed E-state index contributed by atoms with van der Waals surface area (Å²) < 4.78 is 0. The zero-order chi connectivity index (χ0) is 13.1. The summed E-state index contributed by atoms with van der Waals surface area (Å²) in [5.74, 6) is 0. The van der Waals surface area contributed by atoms with Crippen LogP contribution in [0.2, 0.25) is 0 Å². The van der Waals surface area contributed by atoms with Crippen LogP contribution in [0.25, 0.3) is 22.5 Å². The summed E-state index contributed by atoms with van der Waals surface area (Å²) in [4.78, 5) is 4.34. The van der Waals surface area contributed by atoms with Crippen molar-refractivity contribution in [3.63, 3.8) is 0 Å². The van der Waals surface area contributed by atoms with Crippen molar-refractivity contribution in [1.29, 1.82) is 0 Å². The van der Waals surface area contributed by atoms with Crippen molar-refractivity contribution in [2.45, 2.75) is 6.92 Å². The zero-order valence-corrected chi connectivity index (χ0v) is 10.6. The Morgan fingerprint density at radius 3 is 2.00 bits per heavy atom. The minimum Gasteiger partial charge on any atom is -0.256 e. The van der Waals surface area contributed by atoms with Gasteiger partial charge in [0, 0.05) is 17.3 Å². The van der Waals surface area contributed by atoms with Crippen LogP contribution in [0.3, 0.4) is 0 Å². The molecule has 3 nitrogen and oxygen atoms in total. The van der Waals surface area contributed by atoms with Crippen LogP contribution in [0.1, 0.15) is 5.69 Å². The normalized spacial score (nSPS) is 10.4. The van der Waals surface area contributed by atoms with Crippen LogP contribution in [-0.4, -0.2) is 15.2 Å². The molecule has 0 aliphatic rings. The molecule has 0 spiro atoms. The molecule has 0 amide bonds. The summed E-state index contributed by atoms with van der Waals surface area (Å²) in [6.07, 6.45) is 1.80. The summed E-state index contributed by atoms with van der Waals surface area (Å²) in [6, 6.07) is 18.1. The molecule has 0 aliphatic carbocycles. The largest absolute Gasteiger partial charge is 0.256 e. The predicted molar refractivity (Wildman–Crippen MR) is 75.4 cm³/mol. The molecular formula is C16H13N3. The van der Waals surface area contributed by atoms with Crippen LogP contribution in [-0.2, 0) is 0 Å². The highest BCUT2D eigenvalue weighted by Gasteiger charge is 2.02. The number of pyridine rings is 1. The molecule has 2 heterocycles. The van der Waals surface area contributed by atoms with Crippen LogP contribution in [0.4, 0.5) is 0 Å². The van der Waals surface area contributed by atoms with Crippen LogP contribution in [0, 0.1) is 6.92 Å². The van der Waals surface area contributed by atoms with Gasteiger partial charge in [0.25, 0.3) is 0 Å². The third kappa shape index (κ3) is 2.50. The maximum atomic E-state index is 4.34. The maximum absolute atomic E-state index is 4.34. The monoisotopic (exact) mass is 247 g/mol. The lowest BCUT2D eigenvalue weighted by Gasteiger charge is -2.03. The summed E-state index contributed by atoms with van der Waals surface area (Å²) in [5, 5.41) is 8.26. The molecule has 3 heteroatoms. The molecule has 0 radical (unpaired) electrons. The molecule has 0 fully saturated rings. The number of rotatable bonds is 2. The van der Waals surface area contributed by atoms with E-state index in [1.807, 2.05) is 49.4 Å². The van der Waals surface area contributed by atoms with E-state index in [0.717, 1.165) is 28.2 Å². The maximum Gasteiger partial charge on any atom is 0.0929 e. The van der Waals surface area contributed by atoms with Crippen LogP contribution >= 0.6 is 0 Å². The topological polar surface area (TPSA) is 38.7 Å². The Morgan fingerprint density at radius 1 is 0.684 bits per heavy atom. The molecule has 0 bridgehead atoms. The van der Waals surface area contributed by atoms with E-state index in [1.165, 1.54) is 0 Å². The molecule has 0 saturated carbocycles. The number of aromatic nitrogens is 3. The number of hydrogen-bond donors (Lipinski definition) is 0. The quantitative estimate of drug-likeness (QED) is 0.695. The average molecular weight is 247 g/mol. The van der Waals surface area contributed by atoms with Gasteiger partial charge in [0.1, 0.15) is 0 Å². The molecule has 0 saturated heterocycles. The Labute approximate surface area is 112 Å². The first kappa shape index (κ1) is 11.5. The lowest BCUT2D eigenvalue weighted by molar-refractivity contribution is 0.987. The van der Waals surface area contributed by atoms with Gasteiger partial charge in [-0.1, -0.05) is 30.3 Å². The van der Waals surface area contributed by atoms with Gasteiger partial charge in [0.2, 0.25) is 0 Å². The second-order valence-electron chi connectivity index (χ2n) is 4.35. The summed E-state index contributed by atoms with van der Waals surface area (Å²) in [6.45, 7) is 1.93. The highest BCUT2D eigenvalue weighted by atomic mass is 15.1. The minimum atomic E-state index is 0.887. The Bertz CT molecular complexity index is 659. The first-order valence-corrected chi connectivity index (χ1v) is 6.15. The van der Waals surface area contributed by atoms with Gasteiger partial charge < -0.3 is 0 Å². The SMILES string of the molecule is Cc1ccc(-c2ccc(-c3ccccn3)cc2)nn1. The summed E-state index contributed by atoms with van der Waals surface area (Å²) >= 11 is 0. The number of aryl methyl sites for hydroxylation is 1. The minimum absolute atomic E-state index is 0.887. The van der Waals surface area contributed by atoms with Gasteiger partial charge in [-0.3, -0.25) is 4.98 Å². The molecular weight excluding hydrogens is 234 g/mol. The smallest absolute Gasteiger partial charge is 0.0929 e. The van der Waals surface area contributed by atoms with E-state index < -0.39 is 0 Å². The van der Waals surface area contributed by atoms with Crippen LogP contribution in [0.15, 0.2) is 60.8 Å². The van der Waals surface area contributed by atoms with E-state index in [-0.39, 0.29) is 0 Å². The van der Waals surface area contributed by atoms with Gasteiger partial charge in [-0.15, -0.1) is 0 Å². The third-order valence-electron chi connectivity index (χ3n) is 2.94. The third-order valence-corrected chi connectivity index (χ3v) is 2.94. The highest BCUT2D eigenvalue weighted by molar-refractivity contribution is 5.66. The standard InChI is InChI=1S/C16H13N3/c1-12-5-10-16(19-18-12)14-8-6-13(7-9-14)15-4-2-3-11-17-15/h2-11H,1H3. The Hall–Kier alpha value is -2.55. The summed E-state index contributed by atoms with van der Waals surface area (Å²) in [7, 11) is 0. The van der Waals surface area contributed by atoms with Crippen molar-refractivity contribution in [2.24, 2.45) is 0 Å². The predicted octanol–water partition coefficient (Wildman–Crippen LogP) is 3.51. The van der Waals surface area contributed by atoms with Crippen molar-refractivity contribution in [3.8, 4) is 22.5 Å². The lowest BCUT2D eigenvalue weighted by Crippen LogP contribution is -1.89. The van der Waals surface area contributed by atoms with Gasteiger partial charge in [-0.25, -0.2) is 0 Å². The first-order chi connectivity index (χ1) is 9.33. The van der Waals surface area contributed by atoms with Crippen molar-refractivity contribution < 1.29 is 0 Å². The molecule has 0 N–H and O–H groups in total. The lowest BCUT2D eigenvalue weighted by atomic mass is 10.1. The molecule has 92 valence electrons. The van der Waals surface area contributed by atoms with Gasteiger partial charge in [0.05, 0.1) is 17.1 Å². The number of hydrogen-bond acceptors (Lipinski definition) is 3. The number of benzene rings is 1. The van der Waals surface area contributed by atoms with Crippen LogP contribution in [0.5, 0.6) is 0 Å². The van der Waals surface area contributed by atoms with E-state index in [0.29, 0.717) is 0 Å². The van der Waals surface area contributed by atoms with E-state index in [9.17, 15) is 0 Å². The van der Waals surface area contributed by atoms with E-state index in [1.54, 1.807) is 6.20 Å². The first-order valence-electron chi connectivity index (χ1n) is 6.15. The van der Waals surface area contributed by atoms with Crippen molar-refractivity contribution >= 4 is 0 Å². The van der Waals surface area contributed by atoms with Crippen molar-refractivity contribution in [3.05, 3.63) is 66.5 Å². The van der Waals surface area contributed by atoms with Gasteiger partial charge >= 0.3 is 0 Å². The second-order valence-corrected chi connectivity index (χ2v) is 4.35. The molecule has 3 aromatic rings. The molecule has 0 aliphatic heterocycles. The van der Waals surface area contributed by atoms with Gasteiger partial charge in [-0.05, 0) is 31.2 Å². The second kappa shape index (κ2) is 4.98. The fraction of sp³-hybridized carbons (Fsp3) is 0.0625. The molecule has 2 aromatic heterocycles. The van der Waals surface area contributed by atoms with Crippen molar-refractivity contribution in [2.75, 3.05) is 0 Å². The fourth-order valence-corrected chi connectivity index (χ4v) is 1.90. The Morgan fingerprint density at radius 2 is 1.42 bits per heavy atom. The molecule has 0 atom stereocenters. The van der Waals surface area contributed by atoms with E-state index >= 15 is 0 Å². The van der Waals surface area contributed by atoms with E-state index in [2.05, 4.69) is 27.3 Å². The van der Waals surface area contributed by atoms with Gasteiger partial charge in [-0.2, -0.15) is 10.2 Å². The van der Waals surface area contributed by atoms with E-state index in [4.69, 9.17) is 0 Å².